The second-order valence-electron chi connectivity index (χ2n) is 20.4. The maximum absolute atomic E-state index is 13.9. The lowest BCUT2D eigenvalue weighted by molar-refractivity contribution is -0.140. The quantitative estimate of drug-likeness (QED) is 0.0431. The van der Waals surface area contributed by atoms with Gasteiger partial charge < -0.3 is 52.1 Å². The molecule has 9 N–H and O–H groups in total. The van der Waals surface area contributed by atoms with Crippen LogP contribution in [0.1, 0.15) is 85.5 Å². The van der Waals surface area contributed by atoms with Gasteiger partial charge in [0, 0.05) is 109 Å². The standard InChI is InChI=1S/C54H77F2N13O13/c1-37-9-11-39(12-10-37)6-5-8-44(70)60-18-19-61-52(81)43(7-3-4-16-59-47(73)32-65-20-22-66(33-48(74)75)24-26-68(35-50(78)79)27-25-67(23-21-65)34-49(76)77)64-46(72)14-13-45(71)62-31-41-28-40(15-17-58-41)51(80)63-38(2)53(82)69-36-54(55,56)29-42(69)30-57/h9-12,15,17,28,38,42-43H,3-8,13-14,16,18-27,29,31-36H2,1-2H3,(H,59,73)(H,60,70)(H,61,81)(H,62,71)(H,63,80)(H,64,72)(H,74,75)(H,76,77)(H,78,79)/t38?,42-,43?/m0/s1. The largest absolute Gasteiger partial charge is 0.480 e. The van der Waals surface area contributed by atoms with Crippen LogP contribution in [0.4, 0.5) is 8.78 Å². The molecule has 7 amide bonds. The van der Waals surface area contributed by atoms with Crippen LogP contribution in [0.5, 0.6) is 0 Å². The number of aromatic nitrogens is 1. The fraction of sp³-hybridized carbons (Fsp3) is 0.593. The molecule has 2 fully saturated rings. The van der Waals surface area contributed by atoms with E-state index in [-0.39, 0.29) is 153 Å². The monoisotopic (exact) mass is 1150 g/mol. The van der Waals surface area contributed by atoms with Crippen molar-refractivity contribution in [3.63, 3.8) is 0 Å². The van der Waals surface area contributed by atoms with Crippen molar-refractivity contribution >= 4 is 59.3 Å². The van der Waals surface area contributed by atoms with E-state index in [0.717, 1.165) is 22.4 Å². The number of nitrogens with zero attached hydrogens (tertiary/aromatic N) is 7. The average molecular weight is 1150 g/mol. The van der Waals surface area contributed by atoms with Crippen LogP contribution in [-0.2, 0) is 56.1 Å². The molecule has 1 aromatic carbocycles. The van der Waals surface area contributed by atoms with Gasteiger partial charge in [-0.15, -0.1) is 0 Å². The van der Waals surface area contributed by atoms with E-state index >= 15 is 0 Å². The molecular formula is C54H77F2N13O13. The maximum Gasteiger partial charge on any atom is 0.317 e. The molecule has 0 spiro atoms. The Bertz CT molecular complexity index is 2520. The molecule has 0 bridgehead atoms. The Morgan fingerprint density at radius 2 is 1.21 bits per heavy atom. The van der Waals surface area contributed by atoms with E-state index in [4.69, 9.17) is 0 Å². The molecule has 450 valence electrons. The van der Waals surface area contributed by atoms with Gasteiger partial charge in [0.1, 0.15) is 18.1 Å². The molecule has 0 radical (unpaired) electrons. The highest BCUT2D eigenvalue weighted by atomic mass is 19.3. The number of nitriles is 1. The fourth-order valence-electron chi connectivity index (χ4n) is 9.06. The van der Waals surface area contributed by atoms with Crippen LogP contribution in [0.15, 0.2) is 42.6 Å². The minimum atomic E-state index is -3.24. The number of carboxylic acids is 3. The number of amides is 7. The van der Waals surface area contributed by atoms with Crippen molar-refractivity contribution in [3.8, 4) is 6.07 Å². The molecule has 2 aliphatic heterocycles. The molecule has 2 unspecified atom stereocenters. The van der Waals surface area contributed by atoms with Crippen molar-refractivity contribution in [2.45, 2.75) is 102 Å². The van der Waals surface area contributed by atoms with Crippen molar-refractivity contribution in [2.24, 2.45) is 0 Å². The topological polar surface area (TPSA) is 356 Å². The molecule has 26 nitrogen and oxygen atoms in total. The van der Waals surface area contributed by atoms with Crippen molar-refractivity contribution in [2.75, 3.05) is 105 Å². The molecule has 4 rings (SSSR count). The first kappa shape index (κ1) is 66.8. The Morgan fingerprint density at radius 1 is 0.671 bits per heavy atom. The molecule has 3 atom stereocenters. The van der Waals surface area contributed by atoms with Crippen LogP contribution in [-0.4, -0.2) is 233 Å². The highest BCUT2D eigenvalue weighted by Gasteiger charge is 2.48. The van der Waals surface area contributed by atoms with E-state index in [1.54, 1.807) is 25.7 Å². The number of carboxylic acid groups (broad SMARTS) is 3. The molecule has 0 saturated carbocycles. The van der Waals surface area contributed by atoms with E-state index in [2.05, 4.69) is 36.9 Å². The summed E-state index contributed by atoms with van der Waals surface area (Å²) in [4.78, 5) is 138. The Kier molecular flexibility index (Phi) is 28.1. The summed E-state index contributed by atoms with van der Waals surface area (Å²) in [6.45, 7) is 3.30. The van der Waals surface area contributed by atoms with Crippen molar-refractivity contribution in [1.29, 1.82) is 5.26 Å². The number of hydrogen-bond donors (Lipinski definition) is 9. The second kappa shape index (κ2) is 34.5. The molecule has 2 aliphatic rings. The summed E-state index contributed by atoms with van der Waals surface area (Å²) in [6, 6.07) is 8.74. The zero-order chi connectivity index (χ0) is 60.2. The highest BCUT2D eigenvalue weighted by molar-refractivity contribution is 5.97. The van der Waals surface area contributed by atoms with Crippen molar-refractivity contribution in [3.05, 3.63) is 65.0 Å². The first-order valence-corrected chi connectivity index (χ1v) is 27.3. The maximum atomic E-state index is 13.9. The summed E-state index contributed by atoms with van der Waals surface area (Å²) in [5.41, 5.74) is 2.52. The first-order valence-electron chi connectivity index (χ1n) is 27.3. The highest BCUT2D eigenvalue weighted by Crippen LogP contribution is 2.32. The molecule has 3 heterocycles. The van der Waals surface area contributed by atoms with Gasteiger partial charge in [-0.1, -0.05) is 29.8 Å². The fourth-order valence-corrected chi connectivity index (χ4v) is 9.06. The minimum Gasteiger partial charge on any atom is -0.480 e. The zero-order valence-corrected chi connectivity index (χ0v) is 46.5. The SMILES string of the molecule is Cc1ccc(CCCC(=O)NCCNC(=O)C(CCCCNC(=O)CN2CCN(CC(=O)O)CCN(CC(=O)O)CCN(CC(=O)O)CC2)NC(=O)CCC(=O)NCc2cc(C(=O)NC(C)C(=O)N3CC(F)(F)C[C@H]3C#N)ccn2)cc1. The van der Waals surface area contributed by atoms with Crippen LogP contribution in [0.25, 0.3) is 0 Å². The van der Waals surface area contributed by atoms with Gasteiger partial charge in [-0.3, -0.25) is 72.5 Å². The normalized spacial score (nSPS) is 17.1. The summed E-state index contributed by atoms with van der Waals surface area (Å²) in [6.07, 6.45) is 2.29. The second-order valence-corrected chi connectivity index (χ2v) is 20.4. The van der Waals surface area contributed by atoms with Crippen LogP contribution >= 0.6 is 0 Å². The summed E-state index contributed by atoms with van der Waals surface area (Å²) >= 11 is 0. The Hall–Kier alpha value is -7.74. The summed E-state index contributed by atoms with van der Waals surface area (Å²) in [7, 11) is 0. The summed E-state index contributed by atoms with van der Waals surface area (Å²) in [5.74, 6) is -10.4. The number of alkyl halides is 2. The predicted octanol–water partition coefficient (Wildman–Crippen LogP) is -0.834. The van der Waals surface area contributed by atoms with E-state index in [1.807, 2.05) is 31.2 Å². The van der Waals surface area contributed by atoms with Crippen LogP contribution < -0.4 is 31.9 Å². The number of hydrogen-bond acceptors (Lipinski definition) is 16. The molecule has 28 heteroatoms. The van der Waals surface area contributed by atoms with Gasteiger partial charge in [-0.05, 0) is 63.6 Å². The van der Waals surface area contributed by atoms with Crippen molar-refractivity contribution in [1.82, 2.24) is 61.4 Å². The smallest absolute Gasteiger partial charge is 0.317 e. The summed E-state index contributed by atoms with van der Waals surface area (Å²) < 4.78 is 27.9. The average Bonchev–Trinajstić information content (AvgIpc) is 3.91. The number of nitrogens with one attached hydrogen (secondary N) is 6. The lowest BCUT2D eigenvalue weighted by Crippen LogP contribution is -2.49. The van der Waals surface area contributed by atoms with E-state index in [0.29, 0.717) is 19.3 Å². The van der Waals surface area contributed by atoms with E-state index < -0.39 is 84.5 Å². The van der Waals surface area contributed by atoms with Crippen LogP contribution in [0, 0.1) is 18.3 Å². The molecule has 2 aromatic rings. The zero-order valence-electron chi connectivity index (χ0n) is 46.5. The number of aryl methyl sites for hydroxylation is 2. The molecule has 1 aromatic heterocycles. The number of halogens is 2. The number of likely N-dealkylation sites (tertiary alicyclic amines) is 1. The number of aliphatic carboxylic acids is 3. The van der Waals surface area contributed by atoms with Crippen LogP contribution in [0.3, 0.4) is 0 Å². The molecule has 0 aliphatic carbocycles. The van der Waals surface area contributed by atoms with E-state index in [1.165, 1.54) is 25.3 Å². The molecular weight excluding hydrogens is 1080 g/mol. The first-order chi connectivity index (χ1) is 39.0. The number of pyridine rings is 1. The number of carbonyl (C=O) groups is 10. The lowest BCUT2D eigenvalue weighted by atomic mass is 10.1. The third-order valence-electron chi connectivity index (χ3n) is 13.5. The number of rotatable bonds is 30. The van der Waals surface area contributed by atoms with Crippen molar-refractivity contribution < 1.29 is 72.0 Å². The van der Waals surface area contributed by atoms with Crippen LogP contribution in [0.2, 0.25) is 0 Å². The minimum absolute atomic E-state index is 0.0420. The number of unbranched alkanes of at least 4 members (excludes halogenated alkanes) is 1. The Morgan fingerprint density at radius 3 is 1.78 bits per heavy atom. The van der Waals surface area contributed by atoms with Gasteiger partial charge in [0.05, 0.1) is 51.0 Å². The van der Waals surface area contributed by atoms with Gasteiger partial charge in [0.2, 0.25) is 35.4 Å². The van der Waals surface area contributed by atoms with Gasteiger partial charge in [-0.2, -0.15) is 5.26 Å². The molecule has 2 saturated heterocycles. The van der Waals surface area contributed by atoms with Gasteiger partial charge >= 0.3 is 17.9 Å². The summed E-state index contributed by atoms with van der Waals surface area (Å²) in [5, 5.41) is 53.9. The van der Waals surface area contributed by atoms with E-state index in [9.17, 15) is 77.3 Å². The Balaban J connectivity index is 1.29. The third kappa shape index (κ3) is 25.8. The van der Waals surface area contributed by atoms with Gasteiger partial charge in [-0.25, -0.2) is 8.78 Å². The molecule has 82 heavy (non-hydrogen) atoms. The third-order valence-corrected chi connectivity index (χ3v) is 13.5. The number of carbonyl (C=O) groups excluding carboxylic acids is 7. The van der Waals surface area contributed by atoms with Gasteiger partial charge in [0.15, 0.2) is 0 Å². The lowest BCUT2D eigenvalue weighted by Gasteiger charge is -2.32. The predicted molar refractivity (Wildman–Crippen MR) is 291 cm³/mol. The Labute approximate surface area is 474 Å². The van der Waals surface area contributed by atoms with Gasteiger partial charge in [0.25, 0.3) is 11.8 Å². The number of benzene rings is 1.